The van der Waals surface area contributed by atoms with Crippen LogP contribution in [0, 0.1) is 0 Å². The quantitative estimate of drug-likeness (QED) is 0.891. The highest BCUT2D eigenvalue weighted by molar-refractivity contribution is 5.77. The largest absolute Gasteiger partial charge is 0.377 e. The van der Waals surface area contributed by atoms with E-state index in [0.29, 0.717) is 6.42 Å². The number of aromatic nitrogens is 1. The number of pyridine rings is 1. The third-order valence-electron chi connectivity index (χ3n) is 3.65. The number of carbonyl (C=O) groups excluding carboxylic acids is 1. The second kappa shape index (κ2) is 7.59. The molecule has 1 aromatic heterocycles. The molecule has 0 aliphatic carbocycles. The number of nitrogens with zero attached hydrogens (tertiary/aromatic N) is 2. The van der Waals surface area contributed by atoms with E-state index in [1.165, 1.54) is 0 Å². The Morgan fingerprint density at radius 1 is 1.18 bits per heavy atom. The van der Waals surface area contributed by atoms with E-state index in [4.69, 9.17) is 0 Å². The number of rotatable bonds is 6. The van der Waals surface area contributed by atoms with Crippen LogP contribution in [0.2, 0.25) is 0 Å². The van der Waals surface area contributed by atoms with Crippen molar-refractivity contribution in [2.75, 3.05) is 19.0 Å². The van der Waals surface area contributed by atoms with Crippen molar-refractivity contribution in [3.8, 4) is 0 Å². The Morgan fingerprint density at radius 2 is 1.86 bits per heavy atom. The fraction of sp³-hybridized carbons (Fsp3) is 0.333. The molecule has 22 heavy (non-hydrogen) atoms. The van der Waals surface area contributed by atoms with Gasteiger partial charge in [-0.05, 0) is 42.7 Å². The average Bonchev–Trinajstić information content (AvgIpc) is 2.54. The molecule has 0 bridgehead atoms. The number of aryl methyl sites for hydroxylation is 1. The Labute approximate surface area is 132 Å². The summed E-state index contributed by atoms with van der Waals surface area (Å²) in [5.74, 6) is 0.0675. The predicted molar refractivity (Wildman–Crippen MR) is 89.9 cm³/mol. The molecule has 1 unspecified atom stereocenters. The smallest absolute Gasteiger partial charge is 0.220 e. The molecular weight excluding hydrogens is 274 g/mol. The first kappa shape index (κ1) is 16.0. The summed E-state index contributed by atoms with van der Waals surface area (Å²) in [6.45, 7) is 2.02. The van der Waals surface area contributed by atoms with E-state index in [-0.39, 0.29) is 11.9 Å². The van der Waals surface area contributed by atoms with Crippen LogP contribution in [0.25, 0.3) is 0 Å². The lowest BCUT2D eigenvalue weighted by atomic mass is 10.0. The summed E-state index contributed by atoms with van der Waals surface area (Å²) in [7, 11) is 4.02. The van der Waals surface area contributed by atoms with Gasteiger partial charge in [0.15, 0.2) is 0 Å². The van der Waals surface area contributed by atoms with Crippen LogP contribution in [0.4, 0.5) is 5.69 Å². The summed E-state index contributed by atoms with van der Waals surface area (Å²) in [5.41, 5.74) is 3.39. The van der Waals surface area contributed by atoms with Crippen molar-refractivity contribution < 1.29 is 4.79 Å². The molecule has 2 rings (SSSR count). The molecule has 0 saturated heterocycles. The summed E-state index contributed by atoms with van der Waals surface area (Å²) >= 11 is 0. The van der Waals surface area contributed by atoms with Crippen molar-refractivity contribution in [1.82, 2.24) is 10.3 Å². The zero-order valence-electron chi connectivity index (χ0n) is 13.4. The minimum Gasteiger partial charge on any atom is -0.377 e. The summed E-state index contributed by atoms with van der Waals surface area (Å²) in [4.78, 5) is 18.2. The van der Waals surface area contributed by atoms with Gasteiger partial charge in [0.1, 0.15) is 0 Å². The molecule has 4 heteroatoms. The highest BCUT2D eigenvalue weighted by Crippen LogP contribution is 2.24. The Kier molecular flexibility index (Phi) is 5.53. The number of hydrogen-bond acceptors (Lipinski definition) is 3. The topological polar surface area (TPSA) is 45.2 Å². The van der Waals surface area contributed by atoms with Gasteiger partial charge < -0.3 is 10.2 Å². The third-order valence-corrected chi connectivity index (χ3v) is 3.65. The molecule has 1 atom stereocenters. The van der Waals surface area contributed by atoms with E-state index in [0.717, 1.165) is 23.2 Å². The molecule has 0 aliphatic heterocycles. The number of nitrogens with one attached hydrogen (secondary N) is 1. The van der Waals surface area contributed by atoms with E-state index in [1.54, 1.807) is 12.4 Å². The highest BCUT2D eigenvalue weighted by Gasteiger charge is 2.13. The maximum atomic E-state index is 12.1. The van der Waals surface area contributed by atoms with Gasteiger partial charge in [-0.25, -0.2) is 0 Å². The minimum absolute atomic E-state index is 0.0106. The van der Waals surface area contributed by atoms with Gasteiger partial charge in [-0.3, -0.25) is 9.78 Å². The van der Waals surface area contributed by atoms with Crippen LogP contribution >= 0.6 is 0 Å². The molecule has 0 aliphatic rings. The second-order valence-corrected chi connectivity index (χ2v) is 5.60. The van der Waals surface area contributed by atoms with Crippen molar-refractivity contribution in [3.63, 3.8) is 0 Å². The van der Waals surface area contributed by atoms with Crippen molar-refractivity contribution in [2.45, 2.75) is 25.8 Å². The van der Waals surface area contributed by atoms with Crippen LogP contribution in [0.3, 0.4) is 0 Å². The van der Waals surface area contributed by atoms with Crippen LogP contribution in [0.5, 0.6) is 0 Å². The minimum atomic E-state index is -0.0106. The Balaban J connectivity index is 1.94. The van der Waals surface area contributed by atoms with Gasteiger partial charge in [-0.15, -0.1) is 0 Å². The number of benzene rings is 1. The van der Waals surface area contributed by atoms with Gasteiger partial charge in [0.25, 0.3) is 0 Å². The molecule has 0 fully saturated rings. The Bertz CT molecular complexity index is 611. The molecule has 0 spiro atoms. The van der Waals surface area contributed by atoms with Crippen LogP contribution in [0.15, 0.2) is 48.8 Å². The molecule has 116 valence electrons. The number of amides is 1. The zero-order valence-corrected chi connectivity index (χ0v) is 13.4. The summed E-state index contributed by atoms with van der Waals surface area (Å²) < 4.78 is 0. The third kappa shape index (κ3) is 4.32. The van der Waals surface area contributed by atoms with Crippen LogP contribution in [-0.2, 0) is 11.2 Å². The van der Waals surface area contributed by atoms with Crippen LogP contribution in [0.1, 0.15) is 30.5 Å². The SMILES string of the molecule is CC(NC(=O)CCc1ccncc1)c1ccccc1N(C)C. The lowest BCUT2D eigenvalue weighted by Crippen LogP contribution is -2.28. The van der Waals surface area contributed by atoms with E-state index in [1.807, 2.05) is 45.3 Å². The Hall–Kier alpha value is -2.36. The van der Waals surface area contributed by atoms with Gasteiger partial charge in [0, 0.05) is 38.6 Å². The number of para-hydroxylation sites is 1. The fourth-order valence-electron chi connectivity index (χ4n) is 2.46. The summed E-state index contributed by atoms with van der Waals surface area (Å²) in [6.07, 6.45) is 4.72. The average molecular weight is 297 g/mol. The lowest BCUT2D eigenvalue weighted by molar-refractivity contribution is -0.121. The number of anilines is 1. The number of carbonyl (C=O) groups is 1. The van der Waals surface area contributed by atoms with Gasteiger partial charge >= 0.3 is 0 Å². The second-order valence-electron chi connectivity index (χ2n) is 5.60. The lowest BCUT2D eigenvalue weighted by Gasteiger charge is -2.22. The van der Waals surface area contributed by atoms with Crippen molar-refractivity contribution in [1.29, 1.82) is 0 Å². The van der Waals surface area contributed by atoms with Gasteiger partial charge in [-0.1, -0.05) is 18.2 Å². The first-order valence-electron chi connectivity index (χ1n) is 7.52. The maximum Gasteiger partial charge on any atom is 0.220 e. The van der Waals surface area contributed by atoms with E-state index in [9.17, 15) is 4.79 Å². The van der Waals surface area contributed by atoms with Gasteiger partial charge in [0.05, 0.1) is 6.04 Å². The van der Waals surface area contributed by atoms with Crippen molar-refractivity contribution in [3.05, 3.63) is 59.9 Å². The highest BCUT2D eigenvalue weighted by atomic mass is 16.1. The van der Waals surface area contributed by atoms with Gasteiger partial charge in [0.2, 0.25) is 5.91 Å². The monoisotopic (exact) mass is 297 g/mol. The molecule has 1 aromatic carbocycles. The molecular formula is C18H23N3O. The van der Waals surface area contributed by atoms with Crippen molar-refractivity contribution >= 4 is 11.6 Å². The summed E-state index contributed by atoms with van der Waals surface area (Å²) in [6, 6.07) is 12.0. The first-order chi connectivity index (χ1) is 10.6. The molecule has 1 amide bonds. The van der Waals surface area contributed by atoms with Gasteiger partial charge in [-0.2, -0.15) is 0 Å². The standard InChI is InChI=1S/C18H23N3O/c1-14(16-6-4-5-7-17(16)21(2)3)20-18(22)9-8-15-10-12-19-13-11-15/h4-7,10-14H,8-9H2,1-3H3,(H,20,22). The van der Waals surface area contributed by atoms with E-state index in [2.05, 4.69) is 27.3 Å². The molecule has 1 heterocycles. The van der Waals surface area contributed by atoms with Crippen LogP contribution in [-0.4, -0.2) is 25.0 Å². The van der Waals surface area contributed by atoms with Crippen molar-refractivity contribution in [2.24, 2.45) is 0 Å². The van der Waals surface area contributed by atoms with Crippen LogP contribution < -0.4 is 10.2 Å². The normalized spacial score (nSPS) is 11.8. The molecule has 1 N–H and O–H groups in total. The maximum absolute atomic E-state index is 12.1. The Morgan fingerprint density at radius 3 is 2.55 bits per heavy atom. The molecule has 0 radical (unpaired) electrons. The first-order valence-corrected chi connectivity index (χ1v) is 7.52. The van der Waals surface area contributed by atoms with E-state index >= 15 is 0 Å². The number of hydrogen-bond donors (Lipinski definition) is 1. The predicted octanol–water partition coefficient (Wildman–Crippen LogP) is 2.96. The molecule has 4 nitrogen and oxygen atoms in total. The zero-order chi connectivity index (χ0) is 15.9. The molecule has 2 aromatic rings. The van der Waals surface area contributed by atoms with E-state index < -0.39 is 0 Å². The molecule has 0 saturated carbocycles. The fourth-order valence-corrected chi connectivity index (χ4v) is 2.46. The summed E-state index contributed by atoms with van der Waals surface area (Å²) in [5, 5.41) is 3.08.